The lowest BCUT2D eigenvalue weighted by molar-refractivity contribution is -0.143. The molecule has 0 aromatic rings. The Balaban J connectivity index is 2.79. The van der Waals surface area contributed by atoms with Gasteiger partial charge in [-0.3, -0.25) is 0 Å². The van der Waals surface area contributed by atoms with E-state index in [1.54, 1.807) is 26.0 Å². The zero-order chi connectivity index (χ0) is 14.3. The number of hydrogen-bond acceptors (Lipinski definition) is 5. The Labute approximate surface area is 112 Å². The van der Waals surface area contributed by atoms with Crippen molar-refractivity contribution < 1.29 is 24.2 Å². The van der Waals surface area contributed by atoms with Crippen LogP contribution in [0.4, 0.5) is 0 Å². The SMILES string of the molecule is CC1C/C=C/C(=O)OC(C)CC(CO)/C=C/C(=O)O1. The normalized spacial score (nSPS) is 33.1. The first-order valence-electron chi connectivity index (χ1n) is 6.38. The largest absolute Gasteiger partial charge is 0.459 e. The van der Waals surface area contributed by atoms with Crippen molar-refractivity contribution in [3.8, 4) is 0 Å². The second-order valence-electron chi connectivity index (χ2n) is 4.67. The highest BCUT2D eigenvalue weighted by Crippen LogP contribution is 2.12. The maximum absolute atomic E-state index is 11.5. The van der Waals surface area contributed by atoms with Crippen molar-refractivity contribution in [1.29, 1.82) is 0 Å². The highest BCUT2D eigenvalue weighted by atomic mass is 16.5. The molecule has 1 aliphatic rings. The fourth-order valence-electron chi connectivity index (χ4n) is 1.78. The number of cyclic esters (lactones) is 2. The molecule has 5 heteroatoms. The lowest BCUT2D eigenvalue weighted by Gasteiger charge is -2.16. The molecule has 0 radical (unpaired) electrons. The fraction of sp³-hybridized carbons (Fsp3) is 0.571. The Morgan fingerprint density at radius 3 is 2.47 bits per heavy atom. The highest BCUT2D eigenvalue weighted by molar-refractivity contribution is 5.82. The van der Waals surface area contributed by atoms with E-state index in [1.807, 2.05) is 0 Å². The maximum Gasteiger partial charge on any atom is 0.330 e. The summed E-state index contributed by atoms with van der Waals surface area (Å²) in [6.07, 6.45) is 6.12. The molecular weight excluding hydrogens is 248 g/mol. The number of aliphatic hydroxyl groups is 1. The zero-order valence-electron chi connectivity index (χ0n) is 11.2. The van der Waals surface area contributed by atoms with Gasteiger partial charge in [0.05, 0.1) is 6.10 Å². The Bertz CT molecular complexity index is 372. The van der Waals surface area contributed by atoms with Crippen molar-refractivity contribution in [3.63, 3.8) is 0 Å². The lowest BCUT2D eigenvalue weighted by Crippen LogP contribution is -2.18. The van der Waals surface area contributed by atoms with Gasteiger partial charge in [-0.2, -0.15) is 0 Å². The van der Waals surface area contributed by atoms with Crippen LogP contribution < -0.4 is 0 Å². The number of ether oxygens (including phenoxy) is 2. The van der Waals surface area contributed by atoms with E-state index in [9.17, 15) is 14.7 Å². The zero-order valence-corrected chi connectivity index (χ0v) is 11.2. The van der Waals surface area contributed by atoms with Gasteiger partial charge < -0.3 is 14.6 Å². The van der Waals surface area contributed by atoms with Gasteiger partial charge >= 0.3 is 11.9 Å². The molecule has 0 aliphatic carbocycles. The van der Waals surface area contributed by atoms with E-state index < -0.39 is 11.9 Å². The second kappa shape index (κ2) is 7.74. The molecule has 1 N–H and O–H groups in total. The van der Waals surface area contributed by atoms with Crippen molar-refractivity contribution in [3.05, 3.63) is 24.3 Å². The molecule has 106 valence electrons. The number of carbonyl (C=O) groups excluding carboxylic acids is 2. The molecule has 0 aromatic carbocycles. The number of hydrogen-bond donors (Lipinski definition) is 1. The summed E-state index contributed by atoms with van der Waals surface area (Å²) in [7, 11) is 0. The summed E-state index contributed by atoms with van der Waals surface area (Å²) < 4.78 is 10.3. The third kappa shape index (κ3) is 6.20. The molecule has 0 spiro atoms. The van der Waals surface area contributed by atoms with Gasteiger partial charge in [-0.25, -0.2) is 9.59 Å². The minimum absolute atomic E-state index is 0.114. The van der Waals surface area contributed by atoms with E-state index in [0.29, 0.717) is 12.8 Å². The van der Waals surface area contributed by atoms with Gasteiger partial charge in [-0.05, 0) is 20.3 Å². The molecule has 5 nitrogen and oxygen atoms in total. The minimum atomic E-state index is -0.446. The molecule has 1 heterocycles. The van der Waals surface area contributed by atoms with Crippen LogP contribution in [0.3, 0.4) is 0 Å². The van der Waals surface area contributed by atoms with Crippen LogP contribution in [0.25, 0.3) is 0 Å². The smallest absolute Gasteiger partial charge is 0.330 e. The average Bonchev–Trinajstić information content (AvgIpc) is 2.33. The Morgan fingerprint density at radius 1 is 1.16 bits per heavy atom. The van der Waals surface area contributed by atoms with Crippen molar-refractivity contribution in [2.24, 2.45) is 5.92 Å². The predicted molar refractivity (Wildman–Crippen MR) is 69.2 cm³/mol. The van der Waals surface area contributed by atoms with Crippen LogP contribution in [0.1, 0.15) is 26.7 Å². The topological polar surface area (TPSA) is 72.8 Å². The van der Waals surface area contributed by atoms with Crippen LogP contribution in [0.5, 0.6) is 0 Å². The first-order chi connectivity index (χ1) is 9.01. The monoisotopic (exact) mass is 268 g/mol. The Kier molecular flexibility index (Phi) is 6.29. The summed E-state index contributed by atoms with van der Waals surface area (Å²) in [5.41, 5.74) is 0. The van der Waals surface area contributed by atoms with Crippen LogP contribution >= 0.6 is 0 Å². The quantitative estimate of drug-likeness (QED) is 0.727. The molecular formula is C14H20O5. The summed E-state index contributed by atoms with van der Waals surface area (Å²) in [4.78, 5) is 23.0. The number of rotatable bonds is 1. The van der Waals surface area contributed by atoms with E-state index in [4.69, 9.17) is 9.47 Å². The minimum Gasteiger partial charge on any atom is -0.459 e. The number of carbonyl (C=O) groups is 2. The van der Waals surface area contributed by atoms with E-state index in [0.717, 1.165) is 0 Å². The molecule has 0 bridgehead atoms. The summed E-state index contributed by atoms with van der Waals surface area (Å²) in [5, 5.41) is 9.22. The first-order valence-corrected chi connectivity index (χ1v) is 6.38. The summed E-state index contributed by atoms with van der Waals surface area (Å²) in [6.45, 7) is 3.38. The van der Waals surface area contributed by atoms with Crippen molar-refractivity contribution >= 4 is 11.9 Å². The number of esters is 2. The van der Waals surface area contributed by atoms with Crippen LogP contribution in [-0.4, -0.2) is 35.9 Å². The van der Waals surface area contributed by atoms with E-state index >= 15 is 0 Å². The highest BCUT2D eigenvalue weighted by Gasteiger charge is 2.15. The summed E-state index contributed by atoms with van der Waals surface area (Å²) in [6, 6.07) is 0. The van der Waals surface area contributed by atoms with Gasteiger partial charge in [-0.15, -0.1) is 0 Å². The molecule has 0 saturated heterocycles. The molecule has 3 atom stereocenters. The summed E-state index contributed by atoms with van der Waals surface area (Å²) >= 11 is 0. The van der Waals surface area contributed by atoms with Crippen molar-refractivity contribution in [2.45, 2.75) is 38.9 Å². The third-order valence-corrected chi connectivity index (χ3v) is 2.73. The Hall–Kier alpha value is -1.62. The molecule has 1 aliphatic heterocycles. The number of aliphatic hydroxyl groups excluding tert-OH is 1. The van der Waals surface area contributed by atoms with Gasteiger partial charge in [-0.1, -0.05) is 12.2 Å². The van der Waals surface area contributed by atoms with Crippen LogP contribution in [0.15, 0.2) is 24.3 Å². The maximum atomic E-state index is 11.5. The van der Waals surface area contributed by atoms with Gasteiger partial charge in [0.25, 0.3) is 0 Å². The van der Waals surface area contributed by atoms with E-state index in [2.05, 4.69) is 0 Å². The molecule has 0 aromatic heterocycles. The predicted octanol–water partition coefficient (Wildman–Crippen LogP) is 1.36. The van der Waals surface area contributed by atoms with E-state index in [-0.39, 0.29) is 24.7 Å². The molecule has 0 saturated carbocycles. The van der Waals surface area contributed by atoms with Crippen molar-refractivity contribution in [2.75, 3.05) is 6.61 Å². The fourth-order valence-corrected chi connectivity index (χ4v) is 1.78. The van der Waals surface area contributed by atoms with Gasteiger partial charge in [0, 0.05) is 31.1 Å². The molecule has 19 heavy (non-hydrogen) atoms. The van der Waals surface area contributed by atoms with Gasteiger partial charge in [0.15, 0.2) is 0 Å². The standard InChI is InChI=1S/C14H20O5/c1-10-4-3-5-13(16)19-11(2)8-12(9-15)6-7-14(17)18-10/h3,5-7,10-12,15H,4,8-9H2,1-2H3/b5-3+,7-6+. The van der Waals surface area contributed by atoms with Gasteiger partial charge in [0.1, 0.15) is 6.10 Å². The third-order valence-electron chi connectivity index (χ3n) is 2.73. The first kappa shape index (κ1) is 15.4. The lowest BCUT2D eigenvalue weighted by atomic mass is 10.0. The molecule has 1 rings (SSSR count). The van der Waals surface area contributed by atoms with Crippen LogP contribution in [0.2, 0.25) is 0 Å². The van der Waals surface area contributed by atoms with Crippen LogP contribution in [-0.2, 0) is 19.1 Å². The molecule has 3 unspecified atom stereocenters. The molecule has 0 amide bonds. The van der Waals surface area contributed by atoms with Crippen molar-refractivity contribution in [1.82, 2.24) is 0 Å². The molecule has 0 fully saturated rings. The second-order valence-corrected chi connectivity index (χ2v) is 4.67. The average molecular weight is 268 g/mol. The summed E-state index contributed by atoms with van der Waals surface area (Å²) in [5.74, 6) is -1.11. The Morgan fingerprint density at radius 2 is 1.79 bits per heavy atom. The van der Waals surface area contributed by atoms with Gasteiger partial charge in [0.2, 0.25) is 0 Å². The van der Waals surface area contributed by atoms with Crippen LogP contribution in [0, 0.1) is 5.92 Å². The van der Waals surface area contributed by atoms with E-state index in [1.165, 1.54) is 12.2 Å².